The molecule has 0 saturated heterocycles. The number of carboxylic acid groups (broad SMARTS) is 1. The molecule has 3 aliphatic rings. The lowest BCUT2D eigenvalue weighted by molar-refractivity contribution is -0.138. The normalized spacial score (nSPS) is 21.7. The Morgan fingerprint density at radius 2 is 1.64 bits per heavy atom. The molecule has 3 aromatic carbocycles. The molecule has 234 valence electrons. The van der Waals surface area contributed by atoms with Crippen LogP contribution in [-0.2, 0) is 17.4 Å². The molecule has 2 N–H and O–H groups in total. The molecule has 2 aliphatic carbocycles. The number of hydrogen-bond acceptors (Lipinski definition) is 5. The Kier molecular flexibility index (Phi) is 7.72. The first-order valence-electron chi connectivity index (χ1n) is 14.5. The van der Waals surface area contributed by atoms with Crippen LogP contribution in [0.2, 0.25) is 0 Å². The van der Waals surface area contributed by atoms with Gasteiger partial charge in [-0.2, -0.15) is 13.2 Å². The zero-order valence-electron chi connectivity index (χ0n) is 23.6. The minimum absolute atomic E-state index is 0.0513. The van der Waals surface area contributed by atoms with E-state index in [4.69, 9.17) is 19.3 Å². The van der Waals surface area contributed by atoms with Crippen LogP contribution >= 0.6 is 0 Å². The first-order chi connectivity index (χ1) is 20.8. The lowest BCUT2D eigenvalue weighted by atomic mass is 9.83. The van der Waals surface area contributed by atoms with Crippen LogP contribution in [-0.4, -0.2) is 40.9 Å². The molecule has 6 rings (SSSR count). The number of hydrogen-bond donors (Lipinski definition) is 2. The molecular formula is C33H31F5O6. The van der Waals surface area contributed by atoms with Gasteiger partial charge in [-0.25, -0.2) is 8.78 Å². The van der Waals surface area contributed by atoms with E-state index in [9.17, 15) is 31.9 Å². The minimum Gasteiger partial charge on any atom is -0.492 e. The fourth-order valence-electron chi connectivity index (χ4n) is 6.39. The lowest BCUT2D eigenvalue weighted by Crippen LogP contribution is -2.43. The fraction of sp³-hybridized carbons (Fsp3) is 0.424. The van der Waals surface area contributed by atoms with Gasteiger partial charge in [-0.1, -0.05) is 24.3 Å². The van der Waals surface area contributed by atoms with E-state index >= 15 is 0 Å². The molecule has 1 saturated carbocycles. The van der Waals surface area contributed by atoms with E-state index in [0.29, 0.717) is 46.8 Å². The molecule has 0 unspecified atom stereocenters. The van der Waals surface area contributed by atoms with Crippen molar-refractivity contribution in [1.29, 1.82) is 0 Å². The molecule has 6 nitrogen and oxygen atoms in total. The van der Waals surface area contributed by atoms with E-state index in [2.05, 4.69) is 0 Å². The number of fused-ring (bicyclic) bond motifs is 2. The third-order valence-electron chi connectivity index (χ3n) is 8.78. The van der Waals surface area contributed by atoms with Crippen LogP contribution in [0.1, 0.15) is 72.8 Å². The summed E-state index contributed by atoms with van der Waals surface area (Å²) >= 11 is 0. The number of carboxylic acids is 1. The number of halogens is 5. The molecule has 1 heterocycles. The van der Waals surface area contributed by atoms with Crippen LogP contribution in [0.4, 0.5) is 22.0 Å². The number of aliphatic hydroxyl groups is 1. The van der Waals surface area contributed by atoms with Crippen molar-refractivity contribution in [3.63, 3.8) is 0 Å². The Hall–Kier alpha value is -3.86. The summed E-state index contributed by atoms with van der Waals surface area (Å²) < 4.78 is 87.1. The molecule has 0 aromatic heterocycles. The molecule has 3 aromatic rings. The number of carbonyl (C=O) groups is 1. The van der Waals surface area contributed by atoms with E-state index < -0.39 is 48.2 Å². The quantitative estimate of drug-likeness (QED) is 0.252. The third-order valence-corrected chi connectivity index (χ3v) is 8.78. The third kappa shape index (κ3) is 6.20. The van der Waals surface area contributed by atoms with Gasteiger partial charge >= 0.3 is 12.1 Å². The van der Waals surface area contributed by atoms with Gasteiger partial charge in [0.25, 0.3) is 0 Å². The van der Waals surface area contributed by atoms with Crippen molar-refractivity contribution in [2.75, 3.05) is 13.2 Å². The lowest BCUT2D eigenvalue weighted by Gasteiger charge is -2.35. The predicted molar refractivity (Wildman–Crippen MR) is 149 cm³/mol. The number of ether oxygens (including phenoxy) is 3. The summed E-state index contributed by atoms with van der Waals surface area (Å²) in [6, 6.07) is 13.8. The van der Waals surface area contributed by atoms with Crippen LogP contribution in [0.15, 0.2) is 54.6 Å². The molecular weight excluding hydrogens is 587 g/mol. The van der Waals surface area contributed by atoms with Crippen molar-refractivity contribution in [1.82, 2.24) is 0 Å². The maximum Gasteiger partial charge on any atom is 0.417 e. The highest BCUT2D eigenvalue weighted by Crippen LogP contribution is 2.47. The zero-order chi connectivity index (χ0) is 31.3. The second-order valence-electron chi connectivity index (χ2n) is 11.9. The molecule has 1 aliphatic heterocycles. The van der Waals surface area contributed by atoms with Crippen molar-refractivity contribution in [2.45, 2.75) is 74.7 Å². The molecule has 2 atom stereocenters. The maximum absolute atomic E-state index is 14.2. The summed E-state index contributed by atoms with van der Waals surface area (Å²) in [6.07, 6.45) is -5.39. The molecule has 44 heavy (non-hydrogen) atoms. The minimum atomic E-state index is -4.60. The van der Waals surface area contributed by atoms with Gasteiger partial charge in [0, 0.05) is 30.4 Å². The Morgan fingerprint density at radius 3 is 2.32 bits per heavy atom. The van der Waals surface area contributed by atoms with Crippen molar-refractivity contribution in [3.8, 4) is 28.4 Å². The predicted octanol–water partition coefficient (Wildman–Crippen LogP) is 7.71. The van der Waals surface area contributed by atoms with Gasteiger partial charge in [-0.3, -0.25) is 4.79 Å². The summed E-state index contributed by atoms with van der Waals surface area (Å²) in [5.41, 5.74) is 0.223. The average Bonchev–Trinajstić information content (AvgIpc) is 3.56. The zero-order valence-corrected chi connectivity index (χ0v) is 23.6. The number of alkyl halides is 5. The average molecular weight is 619 g/mol. The highest BCUT2D eigenvalue weighted by atomic mass is 19.4. The summed E-state index contributed by atoms with van der Waals surface area (Å²) in [5, 5.41) is 19.8. The van der Waals surface area contributed by atoms with Gasteiger partial charge in [-0.05, 0) is 72.2 Å². The Balaban J connectivity index is 1.21. The van der Waals surface area contributed by atoms with E-state index in [-0.39, 0.29) is 44.0 Å². The van der Waals surface area contributed by atoms with Crippen molar-refractivity contribution >= 4 is 5.97 Å². The smallest absolute Gasteiger partial charge is 0.417 e. The van der Waals surface area contributed by atoms with Gasteiger partial charge in [0.2, 0.25) is 5.92 Å². The Morgan fingerprint density at radius 1 is 0.955 bits per heavy atom. The summed E-state index contributed by atoms with van der Waals surface area (Å²) in [6.45, 7) is 0.0640. The van der Waals surface area contributed by atoms with Gasteiger partial charge in [0.05, 0.1) is 24.2 Å². The van der Waals surface area contributed by atoms with E-state index in [1.165, 1.54) is 30.3 Å². The van der Waals surface area contributed by atoms with E-state index in [1.807, 2.05) is 0 Å². The van der Waals surface area contributed by atoms with Crippen molar-refractivity contribution in [3.05, 3.63) is 76.9 Å². The van der Waals surface area contributed by atoms with Crippen LogP contribution in [0.25, 0.3) is 11.1 Å². The topological polar surface area (TPSA) is 85.2 Å². The number of benzene rings is 3. The van der Waals surface area contributed by atoms with Crippen LogP contribution in [0, 0.1) is 0 Å². The molecule has 1 fully saturated rings. The summed E-state index contributed by atoms with van der Waals surface area (Å²) in [5.74, 6) is -2.65. The standard InChI is InChI=1S/C33H31F5O6/c34-32(35)13-11-31(41,12-14-32)18-43-21-3-1-19(2-4-21)30-25-8-10-27(24(25)7-9-26(30)33(36,37)38)44-22-5-6-23-20(15-29(39)40)17-42-28(23)16-22/h1-7,9,16,20,27,41H,8,10-15,17-18H2,(H,39,40)/t20-,27-/m1/s1. The molecule has 0 spiro atoms. The second-order valence-corrected chi connectivity index (χ2v) is 11.9. The van der Waals surface area contributed by atoms with E-state index in [0.717, 1.165) is 11.6 Å². The molecule has 0 radical (unpaired) electrons. The number of aliphatic carboxylic acids is 1. The van der Waals surface area contributed by atoms with Gasteiger partial charge in [0.15, 0.2) is 0 Å². The molecule has 0 bridgehead atoms. The van der Waals surface area contributed by atoms with Gasteiger partial charge in [0.1, 0.15) is 30.0 Å². The van der Waals surface area contributed by atoms with Gasteiger partial charge in [-0.15, -0.1) is 0 Å². The first kappa shape index (κ1) is 30.2. The molecule has 0 amide bonds. The first-order valence-corrected chi connectivity index (χ1v) is 14.5. The largest absolute Gasteiger partial charge is 0.492 e. The van der Waals surface area contributed by atoms with Crippen molar-refractivity contribution < 1.29 is 51.2 Å². The van der Waals surface area contributed by atoms with Gasteiger partial charge < -0.3 is 24.4 Å². The Labute approximate surface area is 250 Å². The maximum atomic E-state index is 14.2. The fourth-order valence-corrected chi connectivity index (χ4v) is 6.39. The molecule has 11 heteroatoms. The monoisotopic (exact) mass is 618 g/mol. The number of rotatable bonds is 8. The highest BCUT2D eigenvalue weighted by molar-refractivity contribution is 5.75. The summed E-state index contributed by atoms with van der Waals surface area (Å²) in [4.78, 5) is 11.1. The summed E-state index contributed by atoms with van der Waals surface area (Å²) in [7, 11) is 0. The van der Waals surface area contributed by atoms with Crippen LogP contribution in [0.3, 0.4) is 0 Å². The SMILES string of the molecule is O=C(O)C[C@@H]1COc2cc(O[C@@H]3CCc4c3ccc(C(F)(F)F)c4-c3ccc(OCC4(O)CCC(F)(F)CC4)cc3)ccc21. The van der Waals surface area contributed by atoms with E-state index in [1.54, 1.807) is 18.2 Å². The van der Waals surface area contributed by atoms with Crippen molar-refractivity contribution in [2.24, 2.45) is 0 Å². The van der Waals surface area contributed by atoms with Crippen LogP contribution < -0.4 is 14.2 Å². The van der Waals surface area contributed by atoms with Crippen LogP contribution in [0.5, 0.6) is 17.2 Å². The highest BCUT2D eigenvalue weighted by Gasteiger charge is 2.43. The second kappa shape index (κ2) is 11.3. The Bertz CT molecular complexity index is 1540.